The molecule has 0 spiro atoms. The Morgan fingerprint density at radius 3 is 2.57 bits per heavy atom. The summed E-state index contributed by atoms with van der Waals surface area (Å²) in [5.74, 6) is -0.796. The summed E-state index contributed by atoms with van der Waals surface area (Å²) in [5.41, 5.74) is 0.0822. The summed E-state index contributed by atoms with van der Waals surface area (Å²) in [6, 6.07) is 2.86. The molecule has 0 aliphatic heterocycles. The zero-order chi connectivity index (χ0) is 10.0. The van der Waals surface area contributed by atoms with Crippen LogP contribution in [0.1, 0.15) is 10.4 Å². The molecule has 0 saturated heterocycles. The van der Waals surface area contributed by atoms with E-state index in [0.29, 0.717) is 9.50 Å². The number of carboxylic acid groups (broad SMARTS) is 1. The van der Waals surface area contributed by atoms with E-state index in [0.717, 1.165) is 0 Å². The number of hydrogen-bond donors (Lipinski definition) is 1. The number of carbonyl (C=O) groups is 1. The van der Waals surface area contributed by atoms with Crippen molar-refractivity contribution in [2.75, 3.05) is 7.11 Å². The summed E-state index contributed by atoms with van der Waals surface area (Å²) >= 11 is 8.88. The number of ether oxygens (including phenoxy) is 1. The Hall–Kier alpha value is -0.450. The number of hydrogen-bond acceptors (Lipinski definition) is 2. The highest BCUT2D eigenvalue weighted by molar-refractivity contribution is 9.10. The smallest absolute Gasteiger partial charge is 0.339 e. The molecule has 6 heteroatoms. The van der Waals surface area contributed by atoms with Gasteiger partial charge in [-0.25, -0.2) is 4.79 Å². The summed E-state index contributed by atoms with van der Waals surface area (Å²) in [6.45, 7) is 0. The predicted molar refractivity (Wildman–Crippen MR) is 59.9 cm³/mol. The van der Waals surface area contributed by atoms with Crippen molar-refractivity contribution in [3.05, 3.63) is 27.2 Å². The molecule has 0 fully saturated rings. The van der Waals surface area contributed by atoms with Gasteiger partial charge in [0.15, 0.2) is 0 Å². The number of carboxylic acids is 1. The molecular formula is C8H7BrCl2O3. The maximum absolute atomic E-state index is 10.7. The van der Waals surface area contributed by atoms with Crippen molar-refractivity contribution in [1.29, 1.82) is 0 Å². The third kappa shape index (κ3) is 2.77. The minimum Gasteiger partial charge on any atom is -0.496 e. The van der Waals surface area contributed by atoms with Crippen LogP contribution in [-0.2, 0) is 0 Å². The molecule has 0 atom stereocenters. The summed E-state index contributed by atoms with van der Waals surface area (Å²) in [7, 11) is 1.39. The summed E-state index contributed by atoms with van der Waals surface area (Å²) in [6.07, 6.45) is 0. The zero-order valence-electron chi connectivity index (χ0n) is 7.08. The molecule has 0 saturated carbocycles. The fourth-order valence-electron chi connectivity index (χ4n) is 0.865. The Kier molecular flexibility index (Phi) is 5.26. The first-order valence-corrected chi connectivity index (χ1v) is 4.49. The second-order valence-corrected chi connectivity index (χ2v) is 3.53. The quantitative estimate of drug-likeness (QED) is 0.912. The number of rotatable bonds is 2. The molecule has 78 valence electrons. The highest BCUT2D eigenvalue weighted by Crippen LogP contribution is 2.30. The first kappa shape index (κ1) is 13.6. The van der Waals surface area contributed by atoms with Crippen LogP contribution in [0.25, 0.3) is 0 Å². The second-order valence-electron chi connectivity index (χ2n) is 2.27. The molecule has 3 nitrogen and oxygen atoms in total. The lowest BCUT2D eigenvalue weighted by atomic mass is 10.2. The van der Waals surface area contributed by atoms with Crippen LogP contribution in [0, 0.1) is 0 Å². The summed E-state index contributed by atoms with van der Waals surface area (Å²) in [4.78, 5) is 10.7. The molecule has 1 aromatic carbocycles. The number of aromatic carboxylic acids is 1. The van der Waals surface area contributed by atoms with Crippen LogP contribution >= 0.6 is 39.9 Å². The van der Waals surface area contributed by atoms with Crippen molar-refractivity contribution in [2.45, 2.75) is 0 Å². The van der Waals surface area contributed by atoms with Crippen molar-refractivity contribution in [2.24, 2.45) is 0 Å². The van der Waals surface area contributed by atoms with E-state index in [1.165, 1.54) is 19.2 Å². The Morgan fingerprint density at radius 2 is 2.14 bits per heavy atom. The van der Waals surface area contributed by atoms with Gasteiger partial charge >= 0.3 is 5.97 Å². The molecule has 1 N–H and O–H groups in total. The van der Waals surface area contributed by atoms with Crippen LogP contribution < -0.4 is 4.74 Å². The predicted octanol–water partition coefficient (Wildman–Crippen LogP) is 3.23. The van der Waals surface area contributed by atoms with Gasteiger partial charge in [0, 0.05) is 10.5 Å². The monoisotopic (exact) mass is 300 g/mol. The van der Waals surface area contributed by atoms with E-state index >= 15 is 0 Å². The van der Waals surface area contributed by atoms with E-state index in [2.05, 4.69) is 15.9 Å². The third-order valence-electron chi connectivity index (χ3n) is 1.47. The maximum atomic E-state index is 10.7. The Balaban J connectivity index is 0.00000169. The average Bonchev–Trinajstić information content (AvgIpc) is 2.08. The van der Waals surface area contributed by atoms with Crippen LogP contribution in [0.15, 0.2) is 16.6 Å². The lowest BCUT2D eigenvalue weighted by Crippen LogP contribution is -2.00. The van der Waals surface area contributed by atoms with Crippen LogP contribution in [-0.4, -0.2) is 18.2 Å². The highest BCUT2D eigenvalue weighted by atomic mass is 79.9. The molecule has 14 heavy (non-hydrogen) atoms. The van der Waals surface area contributed by atoms with E-state index in [1.807, 2.05) is 0 Å². The van der Waals surface area contributed by atoms with E-state index in [4.69, 9.17) is 21.4 Å². The Labute approximate surface area is 101 Å². The standard InChI is InChI=1S/C8H6BrClO3.ClH/c1-13-7-3-6(10)5(9)2-4(7)8(11)12;/h2-3H,1H3,(H,11,12);1H. The van der Waals surface area contributed by atoms with Gasteiger partial charge in [-0.2, -0.15) is 0 Å². The number of halogens is 3. The molecular weight excluding hydrogens is 295 g/mol. The Bertz CT molecular complexity index is 355. The van der Waals surface area contributed by atoms with Crippen LogP contribution in [0.4, 0.5) is 0 Å². The van der Waals surface area contributed by atoms with Crippen LogP contribution in [0.2, 0.25) is 5.02 Å². The normalized spacial score (nSPS) is 9.07. The van der Waals surface area contributed by atoms with E-state index in [-0.39, 0.29) is 23.7 Å². The number of benzene rings is 1. The Morgan fingerprint density at radius 1 is 1.57 bits per heavy atom. The van der Waals surface area contributed by atoms with Crippen molar-refractivity contribution < 1.29 is 14.6 Å². The minimum atomic E-state index is -1.05. The van der Waals surface area contributed by atoms with Gasteiger partial charge < -0.3 is 9.84 Å². The highest BCUT2D eigenvalue weighted by Gasteiger charge is 2.13. The average molecular weight is 302 g/mol. The minimum absolute atomic E-state index is 0. The van der Waals surface area contributed by atoms with Gasteiger partial charge in [0.05, 0.1) is 12.1 Å². The third-order valence-corrected chi connectivity index (χ3v) is 2.67. The van der Waals surface area contributed by atoms with Gasteiger partial charge in [0.1, 0.15) is 11.3 Å². The summed E-state index contributed by atoms with van der Waals surface area (Å²) in [5, 5.41) is 9.19. The molecule has 0 radical (unpaired) electrons. The van der Waals surface area contributed by atoms with Gasteiger partial charge in [-0.15, -0.1) is 12.4 Å². The lowest BCUT2D eigenvalue weighted by Gasteiger charge is -2.06. The lowest BCUT2D eigenvalue weighted by molar-refractivity contribution is 0.0693. The van der Waals surface area contributed by atoms with Gasteiger partial charge in [-0.3, -0.25) is 0 Å². The zero-order valence-corrected chi connectivity index (χ0v) is 10.2. The van der Waals surface area contributed by atoms with Crippen LogP contribution in [0.5, 0.6) is 5.75 Å². The molecule has 1 aromatic rings. The van der Waals surface area contributed by atoms with Gasteiger partial charge in [-0.05, 0) is 22.0 Å². The number of methoxy groups -OCH3 is 1. The molecule has 0 amide bonds. The first-order valence-electron chi connectivity index (χ1n) is 3.32. The molecule has 1 rings (SSSR count). The van der Waals surface area contributed by atoms with E-state index in [1.54, 1.807) is 0 Å². The van der Waals surface area contributed by atoms with Gasteiger partial charge in [-0.1, -0.05) is 11.6 Å². The van der Waals surface area contributed by atoms with Crippen molar-refractivity contribution in [1.82, 2.24) is 0 Å². The van der Waals surface area contributed by atoms with Crippen molar-refractivity contribution in [3.63, 3.8) is 0 Å². The fourth-order valence-corrected chi connectivity index (χ4v) is 1.36. The molecule has 0 heterocycles. The molecule has 0 unspecified atom stereocenters. The van der Waals surface area contributed by atoms with Crippen molar-refractivity contribution >= 4 is 45.9 Å². The SMILES string of the molecule is COc1cc(Cl)c(Br)cc1C(=O)O.Cl. The maximum Gasteiger partial charge on any atom is 0.339 e. The molecule has 0 bridgehead atoms. The van der Waals surface area contributed by atoms with Gasteiger partial charge in [0.25, 0.3) is 0 Å². The van der Waals surface area contributed by atoms with E-state index < -0.39 is 5.97 Å². The molecule has 0 aliphatic rings. The topological polar surface area (TPSA) is 46.5 Å². The largest absolute Gasteiger partial charge is 0.496 e. The van der Waals surface area contributed by atoms with Crippen LogP contribution in [0.3, 0.4) is 0 Å². The van der Waals surface area contributed by atoms with E-state index in [9.17, 15) is 4.79 Å². The fraction of sp³-hybridized carbons (Fsp3) is 0.125. The summed E-state index contributed by atoms with van der Waals surface area (Å²) < 4.78 is 5.39. The first-order chi connectivity index (χ1) is 6.06. The molecule has 0 aliphatic carbocycles. The van der Waals surface area contributed by atoms with Gasteiger partial charge in [0.2, 0.25) is 0 Å². The second kappa shape index (κ2) is 5.44. The molecule has 0 aromatic heterocycles. The van der Waals surface area contributed by atoms with Crippen molar-refractivity contribution in [3.8, 4) is 5.75 Å².